The number of aromatic nitrogens is 1. The van der Waals surface area contributed by atoms with Gasteiger partial charge in [-0.25, -0.2) is 0 Å². The summed E-state index contributed by atoms with van der Waals surface area (Å²) in [4.78, 5) is 4.09. The Kier molecular flexibility index (Phi) is 4.99. The lowest BCUT2D eigenvalue weighted by molar-refractivity contribution is 0.389. The van der Waals surface area contributed by atoms with Gasteiger partial charge in [0.15, 0.2) is 0 Å². The number of rotatable bonds is 4. The van der Waals surface area contributed by atoms with Gasteiger partial charge in [-0.3, -0.25) is 4.98 Å². The standard InChI is InChI=1S/C15H24N2/c1-2-17-15-6-4-3-5-14(12-15)11-13-7-9-16-10-8-13/h7-10,14-15,17H,2-6,11-12H2,1H3. The number of pyridine rings is 1. The molecule has 2 unspecified atom stereocenters. The van der Waals surface area contributed by atoms with Crippen LogP contribution in [0.3, 0.4) is 0 Å². The Morgan fingerprint density at radius 2 is 2.00 bits per heavy atom. The van der Waals surface area contributed by atoms with Gasteiger partial charge in [-0.1, -0.05) is 26.2 Å². The normalized spacial score (nSPS) is 25.5. The maximum Gasteiger partial charge on any atom is 0.0270 e. The van der Waals surface area contributed by atoms with E-state index < -0.39 is 0 Å². The fourth-order valence-corrected chi connectivity index (χ4v) is 2.97. The SMILES string of the molecule is CCNC1CCCCC(Cc2ccncc2)C1. The molecule has 1 N–H and O–H groups in total. The lowest BCUT2D eigenvalue weighted by atomic mass is 9.91. The Morgan fingerprint density at radius 1 is 1.24 bits per heavy atom. The zero-order valence-corrected chi connectivity index (χ0v) is 10.9. The predicted molar refractivity (Wildman–Crippen MR) is 72.0 cm³/mol. The smallest absolute Gasteiger partial charge is 0.0270 e. The number of nitrogens with one attached hydrogen (secondary N) is 1. The molecule has 1 aliphatic carbocycles. The van der Waals surface area contributed by atoms with Crippen LogP contribution in [-0.4, -0.2) is 17.6 Å². The molecule has 0 saturated heterocycles. The number of nitrogens with zero attached hydrogens (tertiary/aromatic N) is 1. The van der Waals surface area contributed by atoms with Gasteiger partial charge in [-0.2, -0.15) is 0 Å². The molecular weight excluding hydrogens is 208 g/mol. The van der Waals surface area contributed by atoms with Crippen molar-refractivity contribution in [1.82, 2.24) is 10.3 Å². The van der Waals surface area contributed by atoms with E-state index in [2.05, 4.69) is 29.4 Å². The van der Waals surface area contributed by atoms with Crippen LogP contribution in [0, 0.1) is 5.92 Å². The molecule has 94 valence electrons. The van der Waals surface area contributed by atoms with Crippen LogP contribution < -0.4 is 5.32 Å². The average molecular weight is 232 g/mol. The predicted octanol–water partition coefficient (Wildman–Crippen LogP) is 3.18. The minimum atomic E-state index is 0.745. The zero-order chi connectivity index (χ0) is 11.9. The lowest BCUT2D eigenvalue weighted by Crippen LogP contribution is -2.30. The largest absolute Gasteiger partial charge is 0.314 e. The highest BCUT2D eigenvalue weighted by atomic mass is 14.9. The second-order valence-corrected chi connectivity index (χ2v) is 5.20. The van der Waals surface area contributed by atoms with Crippen LogP contribution in [0.4, 0.5) is 0 Å². The third-order valence-corrected chi connectivity index (χ3v) is 3.80. The van der Waals surface area contributed by atoms with E-state index in [-0.39, 0.29) is 0 Å². The molecule has 0 spiro atoms. The Morgan fingerprint density at radius 3 is 2.76 bits per heavy atom. The molecule has 2 nitrogen and oxygen atoms in total. The monoisotopic (exact) mass is 232 g/mol. The molecule has 0 aromatic carbocycles. The fraction of sp³-hybridized carbons (Fsp3) is 0.667. The van der Waals surface area contributed by atoms with Crippen molar-refractivity contribution >= 4 is 0 Å². The van der Waals surface area contributed by atoms with Crippen molar-refractivity contribution in [1.29, 1.82) is 0 Å². The molecule has 1 aromatic heterocycles. The van der Waals surface area contributed by atoms with Crippen molar-refractivity contribution < 1.29 is 0 Å². The molecule has 2 heteroatoms. The Labute approximate surface area is 105 Å². The molecular formula is C15H24N2. The molecule has 2 atom stereocenters. The van der Waals surface area contributed by atoms with Crippen LogP contribution in [-0.2, 0) is 6.42 Å². The van der Waals surface area contributed by atoms with Gasteiger partial charge < -0.3 is 5.32 Å². The zero-order valence-electron chi connectivity index (χ0n) is 10.9. The van der Waals surface area contributed by atoms with Gasteiger partial charge in [0.2, 0.25) is 0 Å². The van der Waals surface area contributed by atoms with E-state index in [1.54, 1.807) is 0 Å². The Hall–Kier alpha value is -0.890. The van der Waals surface area contributed by atoms with E-state index in [0.717, 1.165) is 18.5 Å². The average Bonchev–Trinajstić information content (AvgIpc) is 2.56. The summed E-state index contributed by atoms with van der Waals surface area (Å²) in [5, 5.41) is 3.63. The molecule has 2 rings (SSSR count). The summed E-state index contributed by atoms with van der Waals surface area (Å²) in [6.07, 6.45) is 11.9. The van der Waals surface area contributed by atoms with Gasteiger partial charge in [-0.05, 0) is 49.4 Å². The van der Waals surface area contributed by atoms with Gasteiger partial charge in [-0.15, -0.1) is 0 Å². The molecule has 17 heavy (non-hydrogen) atoms. The maximum atomic E-state index is 4.09. The number of hydrogen-bond acceptors (Lipinski definition) is 2. The molecule has 0 amide bonds. The summed E-state index contributed by atoms with van der Waals surface area (Å²) in [6.45, 7) is 3.31. The first-order valence-corrected chi connectivity index (χ1v) is 7.00. The summed E-state index contributed by atoms with van der Waals surface area (Å²) in [5.41, 5.74) is 1.45. The molecule has 1 saturated carbocycles. The molecule has 1 aromatic rings. The van der Waals surface area contributed by atoms with E-state index in [9.17, 15) is 0 Å². The highest BCUT2D eigenvalue weighted by Crippen LogP contribution is 2.26. The minimum Gasteiger partial charge on any atom is -0.314 e. The molecule has 1 fully saturated rings. The summed E-state index contributed by atoms with van der Waals surface area (Å²) in [7, 11) is 0. The Bertz CT molecular complexity index is 310. The molecule has 0 radical (unpaired) electrons. The van der Waals surface area contributed by atoms with E-state index in [0.29, 0.717) is 0 Å². The van der Waals surface area contributed by atoms with Crippen LogP contribution in [0.5, 0.6) is 0 Å². The van der Waals surface area contributed by atoms with E-state index in [1.165, 1.54) is 44.1 Å². The highest BCUT2D eigenvalue weighted by molar-refractivity contribution is 5.10. The van der Waals surface area contributed by atoms with Crippen molar-refractivity contribution in [2.75, 3.05) is 6.54 Å². The van der Waals surface area contributed by atoms with Crippen molar-refractivity contribution in [2.45, 2.75) is 51.5 Å². The van der Waals surface area contributed by atoms with Gasteiger partial charge in [0.1, 0.15) is 0 Å². The van der Waals surface area contributed by atoms with Crippen LogP contribution in [0.2, 0.25) is 0 Å². The third kappa shape index (κ3) is 4.12. The lowest BCUT2D eigenvalue weighted by Gasteiger charge is -2.20. The Balaban J connectivity index is 1.90. The van der Waals surface area contributed by atoms with E-state index in [1.807, 2.05) is 12.4 Å². The molecule has 1 heterocycles. The summed E-state index contributed by atoms with van der Waals surface area (Å²) in [6, 6.07) is 5.06. The van der Waals surface area contributed by atoms with Crippen molar-refractivity contribution in [3.05, 3.63) is 30.1 Å². The van der Waals surface area contributed by atoms with Crippen LogP contribution in [0.1, 0.15) is 44.6 Å². The summed E-state index contributed by atoms with van der Waals surface area (Å²) in [5.74, 6) is 0.851. The fourth-order valence-electron chi connectivity index (χ4n) is 2.97. The minimum absolute atomic E-state index is 0.745. The molecule has 0 bridgehead atoms. The number of hydrogen-bond donors (Lipinski definition) is 1. The quantitative estimate of drug-likeness (QED) is 0.806. The van der Waals surface area contributed by atoms with Gasteiger partial charge in [0, 0.05) is 18.4 Å². The van der Waals surface area contributed by atoms with E-state index >= 15 is 0 Å². The third-order valence-electron chi connectivity index (χ3n) is 3.80. The summed E-state index contributed by atoms with van der Waals surface area (Å²) >= 11 is 0. The van der Waals surface area contributed by atoms with E-state index in [4.69, 9.17) is 0 Å². The second-order valence-electron chi connectivity index (χ2n) is 5.20. The van der Waals surface area contributed by atoms with Gasteiger partial charge in [0.05, 0.1) is 0 Å². The second kappa shape index (κ2) is 6.75. The van der Waals surface area contributed by atoms with Gasteiger partial charge in [0.25, 0.3) is 0 Å². The van der Waals surface area contributed by atoms with Crippen molar-refractivity contribution in [3.8, 4) is 0 Å². The first kappa shape index (κ1) is 12.6. The maximum absolute atomic E-state index is 4.09. The van der Waals surface area contributed by atoms with Crippen LogP contribution >= 0.6 is 0 Å². The first-order valence-electron chi connectivity index (χ1n) is 7.00. The van der Waals surface area contributed by atoms with Crippen LogP contribution in [0.25, 0.3) is 0 Å². The van der Waals surface area contributed by atoms with Gasteiger partial charge >= 0.3 is 0 Å². The summed E-state index contributed by atoms with van der Waals surface area (Å²) < 4.78 is 0. The first-order chi connectivity index (χ1) is 8.38. The topological polar surface area (TPSA) is 24.9 Å². The molecule has 1 aliphatic rings. The molecule has 0 aliphatic heterocycles. The van der Waals surface area contributed by atoms with Crippen molar-refractivity contribution in [2.24, 2.45) is 5.92 Å². The van der Waals surface area contributed by atoms with Crippen molar-refractivity contribution in [3.63, 3.8) is 0 Å². The van der Waals surface area contributed by atoms with Crippen LogP contribution in [0.15, 0.2) is 24.5 Å². The highest BCUT2D eigenvalue weighted by Gasteiger charge is 2.19.